The quantitative estimate of drug-likeness (QED) is 0.318. The summed E-state index contributed by atoms with van der Waals surface area (Å²) < 4.78 is 0. The molecule has 10 unspecified atom stereocenters. The van der Waals surface area contributed by atoms with Gasteiger partial charge in [-0.1, -0.05) is 65.6 Å². The average Bonchev–Trinajstić information content (AvgIpc) is 2.84. The van der Waals surface area contributed by atoms with Crippen LogP contribution in [0.4, 0.5) is 0 Å². The lowest BCUT2D eigenvalue weighted by Crippen LogP contribution is -2.60. The summed E-state index contributed by atoms with van der Waals surface area (Å²) in [7, 11) is 0. The number of rotatable bonds is 5. The van der Waals surface area contributed by atoms with Crippen LogP contribution >= 0.6 is 0 Å². The number of hydrogen-bond donors (Lipinski definition) is 1. The van der Waals surface area contributed by atoms with E-state index in [2.05, 4.69) is 39.5 Å². The van der Waals surface area contributed by atoms with Gasteiger partial charge >= 0.3 is 0 Å². The fraction of sp³-hybridized carbons (Fsp3) is 0.935. The van der Waals surface area contributed by atoms with Crippen LogP contribution in [0.1, 0.15) is 119 Å². The molecule has 4 saturated carbocycles. The summed E-state index contributed by atoms with van der Waals surface area (Å²) in [6.45, 7) is 19.5. The first-order valence-electron chi connectivity index (χ1n) is 14.8. The van der Waals surface area contributed by atoms with E-state index in [9.17, 15) is 10.0 Å². The van der Waals surface area contributed by atoms with Gasteiger partial charge in [-0.2, -0.15) is 4.91 Å². The SMILES string of the molecule is C=CC.CC.CCCCC1C(CO)CCC2C1CCC1C3(C)CCC(N=O)C(C)C3CCC21C. The molecule has 3 heteroatoms. The minimum Gasteiger partial charge on any atom is -0.396 e. The van der Waals surface area contributed by atoms with Gasteiger partial charge in [0.05, 0.1) is 6.04 Å². The monoisotopic (exact) mass is 475 g/mol. The van der Waals surface area contributed by atoms with Gasteiger partial charge in [0.2, 0.25) is 0 Å². The lowest BCUT2D eigenvalue weighted by molar-refractivity contribution is -0.180. The van der Waals surface area contributed by atoms with Gasteiger partial charge in [0.25, 0.3) is 0 Å². The van der Waals surface area contributed by atoms with E-state index in [4.69, 9.17) is 0 Å². The number of unbranched alkanes of at least 4 members (excludes halogenated alkanes) is 1. The van der Waals surface area contributed by atoms with E-state index in [1.54, 1.807) is 6.08 Å². The Labute approximate surface area is 211 Å². The smallest absolute Gasteiger partial charge is 0.0948 e. The zero-order valence-electron chi connectivity index (χ0n) is 23.7. The molecular formula is C31H57NO2. The second kappa shape index (κ2) is 13.0. The van der Waals surface area contributed by atoms with Gasteiger partial charge in [0.15, 0.2) is 0 Å². The molecule has 0 bridgehead atoms. The molecule has 4 aliphatic carbocycles. The van der Waals surface area contributed by atoms with E-state index < -0.39 is 0 Å². The summed E-state index contributed by atoms with van der Waals surface area (Å²) in [6.07, 6.45) is 15.8. The van der Waals surface area contributed by atoms with Crippen LogP contribution in [0.25, 0.3) is 0 Å². The largest absolute Gasteiger partial charge is 0.396 e. The van der Waals surface area contributed by atoms with Crippen LogP contribution in [0, 0.1) is 57.2 Å². The molecule has 0 radical (unpaired) electrons. The van der Waals surface area contributed by atoms with E-state index in [1.807, 2.05) is 20.8 Å². The molecule has 10 atom stereocenters. The average molecular weight is 476 g/mol. The number of aliphatic hydroxyl groups excluding tert-OH is 1. The number of hydrogen-bond acceptors (Lipinski definition) is 3. The van der Waals surface area contributed by atoms with Crippen molar-refractivity contribution in [3.63, 3.8) is 0 Å². The number of aliphatic hydroxyl groups is 1. The standard InChI is InChI=1S/C26H45NO2.C3H6.C2H6/c1-5-6-7-19-18(16-28)8-10-22-20(19)9-11-24-25(3)15-13-23(27-29)17(2)21(25)12-14-26(22,24)4;1-3-2;1-2/h17-24,28H,5-16H2,1-4H3;3H,1H2,2H3;1-2H3. The highest BCUT2D eigenvalue weighted by Gasteiger charge is 2.62. The van der Waals surface area contributed by atoms with Crippen LogP contribution in [0.2, 0.25) is 0 Å². The van der Waals surface area contributed by atoms with Gasteiger partial charge in [-0.25, -0.2) is 0 Å². The maximum Gasteiger partial charge on any atom is 0.0948 e. The zero-order valence-corrected chi connectivity index (χ0v) is 23.7. The Morgan fingerprint density at radius 2 is 1.62 bits per heavy atom. The third kappa shape index (κ3) is 5.35. The topological polar surface area (TPSA) is 49.7 Å². The maximum absolute atomic E-state index is 11.4. The molecule has 0 aromatic carbocycles. The minimum atomic E-state index is 0.0483. The number of nitrogens with zero attached hydrogens (tertiary/aromatic N) is 1. The molecule has 0 amide bonds. The van der Waals surface area contributed by atoms with Crippen molar-refractivity contribution in [1.29, 1.82) is 0 Å². The fourth-order valence-corrected chi connectivity index (χ4v) is 9.63. The Balaban J connectivity index is 0.000000758. The highest BCUT2D eigenvalue weighted by atomic mass is 16.3. The predicted octanol–water partition coefficient (Wildman–Crippen LogP) is 9.04. The molecule has 0 aromatic rings. The summed E-state index contributed by atoms with van der Waals surface area (Å²) in [6, 6.07) is 0.0483. The third-order valence-corrected chi connectivity index (χ3v) is 11.1. The molecule has 1 N–H and O–H groups in total. The molecular weight excluding hydrogens is 418 g/mol. The molecule has 0 spiro atoms. The fourth-order valence-electron chi connectivity index (χ4n) is 9.63. The van der Waals surface area contributed by atoms with Crippen LogP contribution in [0.5, 0.6) is 0 Å². The van der Waals surface area contributed by atoms with Crippen LogP contribution in [-0.4, -0.2) is 17.8 Å². The molecule has 0 saturated heterocycles. The van der Waals surface area contributed by atoms with Crippen molar-refractivity contribution in [2.24, 2.45) is 57.4 Å². The Bertz CT molecular complexity index is 635. The lowest BCUT2D eigenvalue weighted by Gasteiger charge is -2.67. The highest BCUT2D eigenvalue weighted by molar-refractivity contribution is 5.12. The molecule has 3 nitrogen and oxygen atoms in total. The summed E-state index contributed by atoms with van der Waals surface area (Å²) in [5.74, 6) is 4.91. The van der Waals surface area contributed by atoms with Crippen LogP contribution in [0.3, 0.4) is 0 Å². The Morgan fingerprint density at radius 3 is 2.21 bits per heavy atom. The van der Waals surface area contributed by atoms with Crippen LogP contribution in [-0.2, 0) is 0 Å². The van der Waals surface area contributed by atoms with Crippen LogP contribution in [0.15, 0.2) is 17.8 Å². The van der Waals surface area contributed by atoms with Gasteiger partial charge in [-0.05, 0) is 117 Å². The molecule has 198 valence electrons. The molecule has 0 aliphatic heterocycles. The molecule has 0 heterocycles. The third-order valence-electron chi connectivity index (χ3n) is 11.1. The number of allylic oxidation sites excluding steroid dienone is 1. The first-order valence-corrected chi connectivity index (χ1v) is 14.8. The van der Waals surface area contributed by atoms with E-state index in [1.165, 1.54) is 64.2 Å². The highest BCUT2D eigenvalue weighted by Crippen LogP contribution is 2.69. The van der Waals surface area contributed by atoms with Gasteiger partial charge < -0.3 is 5.11 Å². The van der Waals surface area contributed by atoms with Crippen molar-refractivity contribution in [2.75, 3.05) is 6.61 Å². The number of fused-ring (bicyclic) bond motifs is 5. The van der Waals surface area contributed by atoms with E-state index in [-0.39, 0.29) is 6.04 Å². The predicted molar refractivity (Wildman–Crippen MR) is 147 cm³/mol. The molecule has 4 aliphatic rings. The van der Waals surface area contributed by atoms with E-state index in [0.717, 1.165) is 30.1 Å². The van der Waals surface area contributed by atoms with Gasteiger partial charge in [-0.3, -0.25) is 0 Å². The Morgan fingerprint density at radius 1 is 1.00 bits per heavy atom. The van der Waals surface area contributed by atoms with Gasteiger partial charge in [-0.15, -0.1) is 6.58 Å². The van der Waals surface area contributed by atoms with E-state index >= 15 is 0 Å². The maximum atomic E-state index is 11.4. The second-order valence-electron chi connectivity index (χ2n) is 12.4. The number of nitroso groups, excluding NO2 is 1. The van der Waals surface area contributed by atoms with E-state index in [0.29, 0.717) is 35.2 Å². The van der Waals surface area contributed by atoms with Crippen molar-refractivity contribution in [3.8, 4) is 0 Å². The zero-order chi connectivity index (χ0) is 25.5. The van der Waals surface area contributed by atoms with Crippen molar-refractivity contribution >= 4 is 0 Å². The summed E-state index contributed by atoms with van der Waals surface area (Å²) in [4.78, 5) is 11.4. The van der Waals surface area contributed by atoms with Crippen LogP contribution < -0.4 is 0 Å². The first-order chi connectivity index (χ1) is 16.3. The van der Waals surface area contributed by atoms with Crippen molar-refractivity contribution < 1.29 is 5.11 Å². The normalized spacial score (nSPS) is 45.1. The molecule has 4 rings (SSSR count). The molecule has 34 heavy (non-hydrogen) atoms. The second-order valence-corrected chi connectivity index (χ2v) is 12.4. The van der Waals surface area contributed by atoms with Crippen molar-refractivity contribution in [1.82, 2.24) is 0 Å². The van der Waals surface area contributed by atoms with Crippen molar-refractivity contribution in [3.05, 3.63) is 17.6 Å². The van der Waals surface area contributed by atoms with Crippen molar-refractivity contribution in [2.45, 2.75) is 125 Å². The van der Waals surface area contributed by atoms with Gasteiger partial charge in [0, 0.05) is 6.61 Å². The molecule has 0 aromatic heterocycles. The molecule has 4 fully saturated rings. The minimum absolute atomic E-state index is 0.0483. The lowest BCUT2D eigenvalue weighted by atomic mass is 9.38. The summed E-state index contributed by atoms with van der Waals surface area (Å²) >= 11 is 0. The summed E-state index contributed by atoms with van der Waals surface area (Å²) in [5.41, 5.74) is 0.853. The Hall–Kier alpha value is -0.700. The first kappa shape index (κ1) is 29.5. The Kier molecular flexibility index (Phi) is 11.3. The van der Waals surface area contributed by atoms with Gasteiger partial charge in [0.1, 0.15) is 0 Å². The summed E-state index contributed by atoms with van der Waals surface area (Å²) in [5, 5.41) is 13.6.